The molecule has 0 heterocycles. The van der Waals surface area contributed by atoms with Crippen LogP contribution in [0.2, 0.25) is 0 Å². The zero-order valence-electron chi connectivity index (χ0n) is 16.3. The van der Waals surface area contributed by atoms with Crippen molar-refractivity contribution >= 4 is 23.5 Å². The van der Waals surface area contributed by atoms with E-state index in [-0.39, 0.29) is 17.7 Å². The summed E-state index contributed by atoms with van der Waals surface area (Å²) in [6, 6.07) is 12.2. The van der Waals surface area contributed by atoms with E-state index >= 15 is 0 Å². The number of esters is 1. The van der Waals surface area contributed by atoms with E-state index in [9.17, 15) is 24.5 Å². The Labute approximate surface area is 172 Å². The molecular weight excluding hydrogens is 394 g/mol. The topological polar surface area (TPSA) is 137 Å². The highest BCUT2D eigenvalue weighted by atomic mass is 16.6. The number of nitrogens with zero attached hydrogens (tertiary/aromatic N) is 1. The van der Waals surface area contributed by atoms with Crippen LogP contribution in [0.5, 0.6) is 5.75 Å². The average Bonchev–Trinajstić information content (AvgIpc) is 2.75. The van der Waals surface area contributed by atoms with Gasteiger partial charge in [0, 0.05) is 24.1 Å². The number of hydrazine groups is 1. The average molecular weight is 415 g/mol. The summed E-state index contributed by atoms with van der Waals surface area (Å²) in [5.74, 6) is -1.27. The number of nitrogens with one attached hydrogen (secondary N) is 2. The van der Waals surface area contributed by atoms with Crippen LogP contribution in [0.4, 0.5) is 5.69 Å². The van der Waals surface area contributed by atoms with Gasteiger partial charge in [-0.3, -0.25) is 35.3 Å². The van der Waals surface area contributed by atoms with E-state index in [1.54, 1.807) is 0 Å². The fraction of sp³-hybridized carbons (Fsp3) is 0.250. The molecule has 30 heavy (non-hydrogen) atoms. The second-order valence-corrected chi connectivity index (χ2v) is 6.01. The largest absolute Gasteiger partial charge is 0.494 e. The fourth-order valence-electron chi connectivity index (χ4n) is 2.43. The Kier molecular flexibility index (Phi) is 8.30. The first kappa shape index (κ1) is 22.3. The Morgan fingerprint density at radius 3 is 2.40 bits per heavy atom. The van der Waals surface area contributed by atoms with Crippen molar-refractivity contribution in [3.63, 3.8) is 0 Å². The van der Waals surface area contributed by atoms with Gasteiger partial charge >= 0.3 is 5.97 Å². The van der Waals surface area contributed by atoms with Gasteiger partial charge in [0.2, 0.25) is 0 Å². The summed E-state index contributed by atoms with van der Waals surface area (Å²) in [6.45, 7) is 1.81. The van der Waals surface area contributed by atoms with Gasteiger partial charge in [0.05, 0.1) is 11.5 Å². The maximum Gasteiger partial charge on any atom is 0.306 e. The monoisotopic (exact) mass is 415 g/mol. The van der Waals surface area contributed by atoms with E-state index in [1.807, 2.05) is 31.2 Å². The number of rotatable bonds is 9. The van der Waals surface area contributed by atoms with Gasteiger partial charge in [-0.25, -0.2) is 0 Å². The number of amides is 2. The third kappa shape index (κ3) is 6.89. The van der Waals surface area contributed by atoms with Crippen molar-refractivity contribution in [1.29, 1.82) is 0 Å². The predicted molar refractivity (Wildman–Crippen MR) is 106 cm³/mol. The van der Waals surface area contributed by atoms with Crippen molar-refractivity contribution in [3.8, 4) is 5.75 Å². The number of aryl methyl sites for hydroxylation is 1. The maximum absolute atomic E-state index is 11.9. The molecule has 0 fully saturated rings. The molecule has 2 aromatic carbocycles. The molecule has 2 aromatic rings. The molecule has 0 aromatic heterocycles. The quantitative estimate of drug-likeness (QED) is 0.363. The van der Waals surface area contributed by atoms with Gasteiger partial charge in [-0.05, 0) is 37.1 Å². The smallest absolute Gasteiger partial charge is 0.306 e. The molecule has 2 rings (SSSR count). The molecule has 0 atom stereocenters. The lowest BCUT2D eigenvalue weighted by Gasteiger charge is -2.10. The van der Waals surface area contributed by atoms with E-state index < -0.39 is 29.3 Å². The van der Waals surface area contributed by atoms with Gasteiger partial charge in [-0.2, -0.15) is 0 Å². The van der Waals surface area contributed by atoms with Gasteiger partial charge < -0.3 is 9.47 Å². The van der Waals surface area contributed by atoms with Gasteiger partial charge in [-0.15, -0.1) is 0 Å². The minimum absolute atomic E-state index is 0.0620. The number of benzene rings is 2. The van der Waals surface area contributed by atoms with E-state index in [4.69, 9.17) is 9.47 Å². The van der Waals surface area contributed by atoms with Crippen molar-refractivity contribution < 1.29 is 28.8 Å². The van der Waals surface area contributed by atoms with Crippen LogP contribution >= 0.6 is 0 Å². The molecule has 2 N–H and O–H groups in total. The molecular formula is C20H21N3O7. The maximum atomic E-state index is 11.9. The first-order valence-corrected chi connectivity index (χ1v) is 9.10. The summed E-state index contributed by atoms with van der Waals surface area (Å²) in [6.07, 6.45) is 0.458. The second-order valence-electron chi connectivity index (χ2n) is 6.01. The van der Waals surface area contributed by atoms with Crippen LogP contribution in [-0.4, -0.2) is 35.9 Å². The second kappa shape index (κ2) is 11.1. The molecule has 2 amide bonds. The summed E-state index contributed by atoms with van der Waals surface area (Å²) < 4.78 is 10.4. The summed E-state index contributed by atoms with van der Waals surface area (Å²) in [7, 11) is 0. The highest BCUT2D eigenvalue weighted by Crippen LogP contribution is 2.19. The molecule has 158 valence electrons. The summed E-state index contributed by atoms with van der Waals surface area (Å²) in [4.78, 5) is 45.5. The molecule has 10 nitrogen and oxygen atoms in total. The Morgan fingerprint density at radius 2 is 1.73 bits per heavy atom. The summed E-state index contributed by atoms with van der Waals surface area (Å²) in [5.41, 5.74) is 5.05. The highest BCUT2D eigenvalue weighted by molar-refractivity contribution is 5.95. The molecule has 0 bridgehead atoms. The molecule has 0 aliphatic carbocycles. The lowest BCUT2D eigenvalue weighted by Crippen LogP contribution is -2.43. The third-order valence-electron chi connectivity index (χ3n) is 3.89. The highest BCUT2D eigenvalue weighted by Gasteiger charge is 2.12. The number of non-ortho nitro benzene ring substituents is 1. The minimum atomic E-state index is -0.728. The van der Waals surface area contributed by atoms with E-state index in [2.05, 4.69) is 10.9 Å². The number of para-hydroxylation sites is 1. The van der Waals surface area contributed by atoms with Crippen LogP contribution in [0.25, 0.3) is 0 Å². The van der Waals surface area contributed by atoms with Gasteiger partial charge in [0.1, 0.15) is 5.75 Å². The van der Waals surface area contributed by atoms with Gasteiger partial charge in [0.15, 0.2) is 6.61 Å². The molecule has 0 unspecified atom stereocenters. The van der Waals surface area contributed by atoms with Crippen molar-refractivity contribution in [3.05, 3.63) is 69.8 Å². The molecule has 0 radical (unpaired) electrons. The molecule has 0 saturated heterocycles. The molecule has 10 heteroatoms. The van der Waals surface area contributed by atoms with Crippen LogP contribution in [0.15, 0.2) is 48.5 Å². The number of hydrogen-bond acceptors (Lipinski definition) is 7. The first-order chi connectivity index (χ1) is 14.4. The number of nitro groups is 1. The van der Waals surface area contributed by atoms with Crippen molar-refractivity contribution in [2.24, 2.45) is 0 Å². The van der Waals surface area contributed by atoms with Crippen molar-refractivity contribution in [2.75, 3.05) is 13.2 Å². The van der Waals surface area contributed by atoms with Gasteiger partial charge in [-0.1, -0.05) is 18.2 Å². The van der Waals surface area contributed by atoms with Crippen molar-refractivity contribution in [1.82, 2.24) is 10.9 Å². The lowest BCUT2D eigenvalue weighted by atomic mass is 10.1. The Bertz CT molecular complexity index is 913. The molecule has 0 saturated carbocycles. The van der Waals surface area contributed by atoms with E-state index in [1.165, 1.54) is 24.3 Å². The van der Waals surface area contributed by atoms with Crippen LogP contribution in [0.1, 0.15) is 29.3 Å². The number of carbonyl (C=O) groups excluding carboxylic acids is 3. The van der Waals surface area contributed by atoms with Crippen LogP contribution in [0, 0.1) is 10.1 Å². The zero-order chi connectivity index (χ0) is 21.9. The van der Waals surface area contributed by atoms with Crippen molar-refractivity contribution in [2.45, 2.75) is 19.8 Å². The van der Waals surface area contributed by atoms with Crippen LogP contribution < -0.4 is 15.6 Å². The fourth-order valence-corrected chi connectivity index (χ4v) is 2.43. The van der Waals surface area contributed by atoms with Gasteiger partial charge in [0.25, 0.3) is 17.5 Å². The SMILES string of the molecule is CCOc1ccccc1CCC(=O)OCC(=O)NNC(=O)c1ccc([N+](=O)[O-])cc1. The minimum Gasteiger partial charge on any atom is -0.494 e. The Balaban J connectivity index is 1.72. The summed E-state index contributed by atoms with van der Waals surface area (Å²) in [5, 5.41) is 10.6. The Hall–Kier alpha value is -3.95. The van der Waals surface area contributed by atoms with Crippen LogP contribution in [-0.2, 0) is 20.7 Å². The summed E-state index contributed by atoms with van der Waals surface area (Å²) >= 11 is 0. The van der Waals surface area contributed by atoms with E-state index in [0.717, 1.165) is 5.56 Å². The number of carbonyl (C=O) groups is 3. The number of hydrogen-bond donors (Lipinski definition) is 2. The normalized spacial score (nSPS) is 10.0. The van der Waals surface area contributed by atoms with Crippen LogP contribution in [0.3, 0.4) is 0 Å². The number of ether oxygens (including phenoxy) is 2. The lowest BCUT2D eigenvalue weighted by molar-refractivity contribution is -0.384. The molecule has 0 spiro atoms. The number of nitro benzene ring substituents is 1. The van der Waals surface area contributed by atoms with E-state index in [0.29, 0.717) is 18.8 Å². The standard InChI is InChI=1S/C20H21N3O7/c1-2-29-17-6-4-3-5-14(17)9-12-19(25)30-13-18(24)21-22-20(26)15-7-10-16(11-8-15)23(27)28/h3-8,10-11H,2,9,12-13H2,1H3,(H,21,24)(H,22,26). The molecule has 0 aliphatic heterocycles. The third-order valence-corrected chi connectivity index (χ3v) is 3.89. The first-order valence-electron chi connectivity index (χ1n) is 9.10. The zero-order valence-corrected chi connectivity index (χ0v) is 16.3. The Morgan fingerprint density at radius 1 is 1.03 bits per heavy atom. The predicted octanol–water partition coefficient (Wildman–Crippen LogP) is 1.93. The molecule has 0 aliphatic rings.